The van der Waals surface area contributed by atoms with E-state index in [9.17, 15) is 4.79 Å². The Labute approximate surface area is 115 Å². The van der Waals surface area contributed by atoms with Gasteiger partial charge in [-0.25, -0.2) is 0 Å². The second-order valence-corrected chi connectivity index (χ2v) is 5.79. The van der Waals surface area contributed by atoms with Gasteiger partial charge in [-0.15, -0.1) is 0 Å². The van der Waals surface area contributed by atoms with Crippen LogP contribution in [0.25, 0.3) is 0 Å². The Morgan fingerprint density at radius 2 is 1.56 bits per heavy atom. The van der Waals surface area contributed by atoms with Crippen LogP contribution in [0, 0.1) is 0 Å². The molecule has 1 rings (SSSR count). The minimum absolute atomic E-state index is 0.301. The molecule has 1 aromatic carbocycles. The molecule has 0 spiro atoms. The van der Waals surface area contributed by atoms with Crippen LogP contribution >= 0.6 is 11.8 Å². The third-order valence-electron chi connectivity index (χ3n) is 2.96. The molecule has 100 valence electrons. The fraction of sp³-hybridized carbons (Fsp3) is 0.562. The summed E-state index contributed by atoms with van der Waals surface area (Å²) < 4.78 is 0. The van der Waals surface area contributed by atoms with Gasteiger partial charge in [-0.1, -0.05) is 75.4 Å². The highest BCUT2D eigenvalue weighted by molar-refractivity contribution is 8.13. The van der Waals surface area contributed by atoms with E-state index in [0.29, 0.717) is 11.5 Å². The molecule has 2 heteroatoms. The van der Waals surface area contributed by atoms with Gasteiger partial charge in [0.1, 0.15) is 0 Å². The SMILES string of the molecule is CCCCCCCCCC(=O)Sc1ccccc1. The van der Waals surface area contributed by atoms with Gasteiger partial charge in [0.05, 0.1) is 0 Å². The molecule has 0 atom stereocenters. The first-order chi connectivity index (χ1) is 8.83. The standard InChI is InChI=1S/C16H24OS/c1-2-3-4-5-6-7-11-14-16(17)18-15-12-9-8-10-13-15/h8-10,12-13H,2-7,11,14H2,1H3. The molecular weight excluding hydrogens is 240 g/mol. The van der Waals surface area contributed by atoms with Crippen LogP contribution < -0.4 is 0 Å². The maximum atomic E-state index is 11.7. The Balaban J connectivity index is 2.00. The first-order valence-electron chi connectivity index (χ1n) is 7.08. The number of benzene rings is 1. The Hall–Kier alpha value is -0.760. The third kappa shape index (κ3) is 7.54. The van der Waals surface area contributed by atoms with E-state index in [2.05, 4.69) is 6.92 Å². The summed E-state index contributed by atoms with van der Waals surface area (Å²) in [6, 6.07) is 9.91. The van der Waals surface area contributed by atoms with Crippen LogP contribution in [0.5, 0.6) is 0 Å². The van der Waals surface area contributed by atoms with Gasteiger partial charge in [-0.2, -0.15) is 0 Å². The van der Waals surface area contributed by atoms with Crippen LogP contribution in [0.3, 0.4) is 0 Å². The second kappa shape index (κ2) is 10.2. The van der Waals surface area contributed by atoms with E-state index in [-0.39, 0.29) is 0 Å². The maximum absolute atomic E-state index is 11.7. The smallest absolute Gasteiger partial charge is 0.193 e. The molecule has 0 unspecified atom stereocenters. The molecule has 0 fully saturated rings. The van der Waals surface area contributed by atoms with Gasteiger partial charge in [0.25, 0.3) is 0 Å². The summed E-state index contributed by atoms with van der Waals surface area (Å²) in [7, 11) is 0. The van der Waals surface area contributed by atoms with E-state index in [0.717, 1.165) is 11.3 Å². The maximum Gasteiger partial charge on any atom is 0.193 e. The predicted octanol–water partition coefficient (Wildman–Crippen LogP) is 5.45. The number of rotatable bonds is 9. The summed E-state index contributed by atoms with van der Waals surface area (Å²) in [6.45, 7) is 2.24. The van der Waals surface area contributed by atoms with Crippen molar-refractivity contribution in [2.75, 3.05) is 0 Å². The highest BCUT2D eigenvalue weighted by atomic mass is 32.2. The molecule has 18 heavy (non-hydrogen) atoms. The van der Waals surface area contributed by atoms with Crippen LogP contribution in [-0.4, -0.2) is 5.12 Å². The quantitative estimate of drug-likeness (QED) is 0.436. The van der Waals surface area contributed by atoms with E-state index < -0.39 is 0 Å². The van der Waals surface area contributed by atoms with E-state index in [1.165, 1.54) is 50.3 Å². The fourth-order valence-electron chi connectivity index (χ4n) is 1.90. The van der Waals surface area contributed by atoms with Gasteiger partial charge < -0.3 is 0 Å². The Kier molecular flexibility index (Phi) is 8.66. The molecule has 0 amide bonds. The van der Waals surface area contributed by atoms with E-state index in [1.54, 1.807) is 0 Å². The summed E-state index contributed by atoms with van der Waals surface area (Å²) in [5.74, 6) is 0. The van der Waals surface area contributed by atoms with E-state index >= 15 is 0 Å². The molecule has 0 aliphatic rings. The molecule has 0 aromatic heterocycles. The van der Waals surface area contributed by atoms with E-state index in [4.69, 9.17) is 0 Å². The predicted molar refractivity (Wildman–Crippen MR) is 79.9 cm³/mol. The molecule has 1 nitrogen and oxygen atoms in total. The van der Waals surface area contributed by atoms with Gasteiger partial charge >= 0.3 is 0 Å². The van der Waals surface area contributed by atoms with Gasteiger partial charge in [-0.3, -0.25) is 4.79 Å². The van der Waals surface area contributed by atoms with Crippen LogP contribution in [0.2, 0.25) is 0 Å². The van der Waals surface area contributed by atoms with Gasteiger partial charge in [0.15, 0.2) is 5.12 Å². The summed E-state index contributed by atoms with van der Waals surface area (Å²) in [4.78, 5) is 12.8. The minimum atomic E-state index is 0.301. The lowest BCUT2D eigenvalue weighted by Gasteiger charge is -2.01. The third-order valence-corrected chi connectivity index (χ3v) is 3.90. The van der Waals surface area contributed by atoms with Crippen molar-refractivity contribution >= 4 is 16.9 Å². The second-order valence-electron chi connectivity index (χ2n) is 4.66. The number of hydrogen-bond acceptors (Lipinski definition) is 2. The molecular formula is C16H24OS. The molecule has 0 bridgehead atoms. The average molecular weight is 264 g/mol. The van der Waals surface area contributed by atoms with Gasteiger partial charge in [-0.05, 0) is 18.6 Å². The fourth-order valence-corrected chi connectivity index (χ4v) is 2.70. The van der Waals surface area contributed by atoms with E-state index in [1.807, 2.05) is 30.3 Å². The first-order valence-corrected chi connectivity index (χ1v) is 7.90. The molecule has 1 aromatic rings. The van der Waals surface area contributed by atoms with Crippen LogP contribution in [0.15, 0.2) is 35.2 Å². The largest absolute Gasteiger partial charge is 0.287 e. The van der Waals surface area contributed by atoms with Crippen molar-refractivity contribution < 1.29 is 4.79 Å². The number of unbranched alkanes of at least 4 members (excludes halogenated alkanes) is 6. The molecule has 0 heterocycles. The van der Waals surface area contributed by atoms with Crippen molar-refractivity contribution in [1.29, 1.82) is 0 Å². The van der Waals surface area contributed by atoms with Crippen molar-refractivity contribution in [1.82, 2.24) is 0 Å². The van der Waals surface area contributed by atoms with Crippen molar-refractivity contribution in [2.24, 2.45) is 0 Å². The monoisotopic (exact) mass is 264 g/mol. The molecule has 0 aliphatic heterocycles. The van der Waals surface area contributed by atoms with Gasteiger partial charge in [0.2, 0.25) is 0 Å². The normalized spacial score (nSPS) is 10.5. The van der Waals surface area contributed by atoms with Gasteiger partial charge in [0, 0.05) is 11.3 Å². The van der Waals surface area contributed by atoms with Crippen LogP contribution in [-0.2, 0) is 4.79 Å². The highest BCUT2D eigenvalue weighted by Crippen LogP contribution is 2.21. The number of carbonyl (C=O) groups is 1. The summed E-state index contributed by atoms with van der Waals surface area (Å²) in [6.07, 6.45) is 9.57. The van der Waals surface area contributed by atoms with Crippen molar-refractivity contribution in [3.05, 3.63) is 30.3 Å². The lowest BCUT2D eigenvalue weighted by molar-refractivity contribution is -0.111. The Morgan fingerprint density at radius 1 is 0.944 bits per heavy atom. The zero-order valence-corrected chi connectivity index (χ0v) is 12.2. The Morgan fingerprint density at radius 3 is 2.22 bits per heavy atom. The highest BCUT2D eigenvalue weighted by Gasteiger charge is 2.03. The summed E-state index contributed by atoms with van der Waals surface area (Å²) in [5.41, 5.74) is 0. The number of carbonyl (C=O) groups excluding carboxylic acids is 1. The molecule has 0 aliphatic carbocycles. The van der Waals surface area contributed by atoms with Crippen LogP contribution in [0.1, 0.15) is 58.3 Å². The lowest BCUT2D eigenvalue weighted by Crippen LogP contribution is -1.91. The Bertz CT molecular complexity index is 321. The zero-order valence-electron chi connectivity index (χ0n) is 11.4. The zero-order chi connectivity index (χ0) is 13.1. The summed E-state index contributed by atoms with van der Waals surface area (Å²) in [5, 5.41) is 0.301. The van der Waals surface area contributed by atoms with Crippen molar-refractivity contribution in [2.45, 2.75) is 63.2 Å². The lowest BCUT2D eigenvalue weighted by atomic mass is 10.1. The van der Waals surface area contributed by atoms with Crippen molar-refractivity contribution in [3.8, 4) is 0 Å². The molecule has 0 N–H and O–H groups in total. The molecule has 0 saturated carbocycles. The van der Waals surface area contributed by atoms with Crippen molar-refractivity contribution in [3.63, 3.8) is 0 Å². The minimum Gasteiger partial charge on any atom is -0.287 e. The first kappa shape index (κ1) is 15.3. The van der Waals surface area contributed by atoms with Crippen LogP contribution in [0.4, 0.5) is 0 Å². The number of thioether (sulfide) groups is 1. The molecule has 0 radical (unpaired) electrons. The topological polar surface area (TPSA) is 17.1 Å². The molecule has 0 saturated heterocycles. The number of hydrogen-bond donors (Lipinski definition) is 0. The summed E-state index contributed by atoms with van der Waals surface area (Å²) >= 11 is 1.38. The average Bonchev–Trinajstić information content (AvgIpc) is 2.39.